The third kappa shape index (κ3) is 4.48. The molecular weight excluding hydrogens is 238 g/mol. The lowest BCUT2D eigenvalue weighted by atomic mass is 10.2. The smallest absolute Gasteiger partial charge is 0.0678 e. The standard InChI is InChI=1S/C15H25N3O/c1-4-6-16-14-5-7-17-15(8-14)11-18-9-12(2)19-13(3)10-18/h5,7-8,12-13H,4,6,9-11H2,1-3H3,(H,16,17)/t12-,13+. The van der Waals surface area contributed by atoms with Crippen LogP contribution >= 0.6 is 0 Å². The lowest BCUT2D eigenvalue weighted by Gasteiger charge is -2.35. The van der Waals surface area contributed by atoms with Gasteiger partial charge in [0.1, 0.15) is 0 Å². The van der Waals surface area contributed by atoms with Crippen molar-refractivity contribution >= 4 is 5.69 Å². The van der Waals surface area contributed by atoms with Crippen molar-refractivity contribution < 1.29 is 4.74 Å². The Balaban J connectivity index is 1.94. The number of nitrogens with one attached hydrogen (secondary N) is 1. The van der Waals surface area contributed by atoms with E-state index in [1.54, 1.807) is 0 Å². The third-order valence-electron chi connectivity index (χ3n) is 3.28. The zero-order chi connectivity index (χ0) is 13.7. The van der Waals surface area contributed by atoms with Crippen LogP contribution in [0.3, 0.4) is 0 Å². The molecule has 0 unspecified atom stereocenters. The SMILES string of the molecule is CCCNc1ccnc(CN2C[C@@H](C)O[C@@H](C)C2)c1. The number of hydrogen-bond acceptors (Lipinski definition) is 4. The van der Waals surface area contributed by atoms with Gasteiger partial charge in [0.2, 0.25) is 0 Å². The maximum Gasteiger partial charge on any atom is 0.0678 e. The molecule has 0 spiro atoms. The van der Waals surface area contributed by atoms with Gasteiger partial charge in [0.05, 0.1) is 17.9 Å². The molecular formula is C15H25N3O. The summed E-state index contributed by atoms with van der Waals surface area (Å²) in [4.78, 5) is 6.89. The highest BCUT2D eigenvalue weighted by molar-refractivity contribution is 5.43. The molecule has 1 N–H and O–H groups in total. The van der Waals surface area contributed by atoms with Gasteiger partial charge in [-0.3, -0.25) is 9.88 Å². The molecule has 1 saturated heterocycles. The number of ether oxygens (including phenoxy) is 1. The second kappa shape index (κ2) is 6.87. The highest BCUT2D eigenvalue weighted by Crippen LogP contribution is 2.15. The number of hydrogen-bond donors (Lipinski definition) is 1. The van der Waals surface area contributed by atoms with E-state index in [4.69, 9.17) is 4.74 Å². The summed E-state index contributed by atoms with van der Waals surface area (Å²) in [7, 11) is 0. The predicted molar refractivity (Wildman–Crippen MR) is 78.3 cm³/mol. The minimum Gasteiger partial charge on any atom is -0.385 e. The van der Waals surface area contributed by atoms with Crippen LogP contribution in [0, 0.1) is 0 Å². The van der Waals surface area contributed by atoms with E-state index in [0.29, 0.717) is 12.2 Å². The molecule has 2 heterocycles. The first-order chi connectivity index (χ1) is 9.17. The molecule has 0 aliphatic carbocycles. The van der Waals surface area contributed by atoms with Crippen LogP contribution in [-0.2, 0) is 11.3 Å². The quantitative estimate of drug-likeness (QED) is 0.885. The van der Waals surface area contributed by atoms with Gasteiger partial charge in [-0.05, 0) is 32.4 Å². The second-order valence-electron chi connectivity index (χ2n) is 5.41. The van der Waals surface area contributed by atoms with Crippen molar-refractivity contribution in [3.8, 4) is 0 Å². The predicted octanol–water partition coefficient (Wildman–Crippen LogP) is 2.51. The molecule has 106 valence electrons. The Hall–Kier alpha value is -1.13. The maximum atomic E-state index is 5.76. The minimum atomic E-state index is 0.310. The number of anilines is 1. The Bertz CT molecular complexity index is 387. The van der Waals surface area contributed by atoms with Gasteiger partial charge >= 0.3 is 0 Å². The van der Waals surface area contributed by atoms with Crippen molar-refractivity contribution in [2.75, 3.05) is 25.0 Å². The Morgan fingerprint density at radius 3 is 2.79 bits per heavy atom. The van der Waals surface area contributed by atoms with Crippen LogP contribution in [0.4, 0.5) is 5.69 Å². The lowest BCUT2D eigenvalue weighted by molar-refractivity contribution is -0.0707. The maximum absolute atomic E-state index is 5.76. The molecule has 0 bridgehead atoms. The van der Waals surface area contributed by atoms with Crippen molar-refractivity contribution in [3.05, 3.63) is 24.0 Å². The number of nitrogens with zero attached hydrogens (tertiary/aromatic N) is 2. The number of pyridine rings is 1. The molecule has 0 radical (unpaired) electrons. The Morgan fingerprint density at radius 2 is 2.11 bits per heavy atom. The van der Waals surface area contributed by atoms with Gasteiger partial charge in [-0.15, -0.1) is 0 Å². The van der Waals surface area contributed by atoms with Crippen molar-refractivity contribution in [3.63, 3.8) is 0 Å². The first kappa shape index (κ1) is 14.3. The van der Waals surface area contributed by atoms with E-state index in [1.807, 2.05) is 12.3 Å². The molecule has 1 aromatic rings. The van der Waals surface area contributed by atoms with Crippen molar-refractivity contribution in [2.45, 2.75) is 45.9 Å². The van der Waals surface area contributed by atoms with Gasteiger partial charge in [0.15, 0.2) is 0 Å². The molecule has 4 nitrogen and oxygen atoms in total. The monoisotopic (exact) mass is 263 g/mol. The normalized spacial score (nSPS) is 24.4. The first-order valence-electron chi connectivity index (χ1n) is 7.24. The van der Waals surface area contributed by atoms with E-state index in [-0.39, 0.29) is 0 Å². The number of rotatable bonds is 5. The second-order valence-corrected chi connectivity index (χ2v) is 5.41. The summed E-state index contributed by atoms with van der Waals surface area (Å²) >= 11 is 0. The molecule has 2 rings (SSSR count). The fourth-order valence-corrected chi connectivity index (χ4v) is 2.59. The molecule has 2 atom stereocenters. The van der Waals surface area contributed by atoms with E-state index in [2.05, 4.69) is 42.0 Å². The first-order valence-corrected chi connectivity index (χ1v) is 7.24. The van der Waals surface area contributed by atoms with E-state index < -0.39 is 0 Å². The Morgan fingerprint density at radius 1 is 1.37 bits per heavy atom. The van der Waals surface area contributed by atoms with Crippen molar-refractivity contribution in [1.82, 2.24) is 9.88 Å². The zero-order valence-electron chi connectivity index (χ0n) is 12.2. The van der Waals surface area contributed by atoms with Crippen LogP contribution in [0.1, 0.15) is 32.9 Å². The van der Waals surface area contributed by atoms with Crippen LogP contribution < -0.4 is 5.32 Å². The van der Waals surface area contributed by atoms with Crippen LogP contribution in [0.25, 0.3) is 0 Å². The molecule has 0 aromatic carbocycles. The van der Waals surface area contributed by atoms with Crippen molar-refractivity contribution in [1.29, 1.82) is 0 Å². The fraction of sp³-hybridized carbons (Fsp3) is 0.667. The average molecular weight is 263 g/mol. The van der Waals surface area contributed by atoms with E-state index in [0.717, 1.165) is 38.3 Å². The van der Waals surface area contributed by atoms with Gasteiger partial charge in [-0.1, -0.05) is 6.92 Å². The molecule has 1 aromatic heterocycles. The molecule has 1 aliphatic heterocycles. The molecule has 0 saturated carbocycles. The molecule has 1 fully saturated rings. The van der Waals surface area contributed by atoms with Crippen LogP contribution in [-0.4, -0.2) is 41.7 Å². The number of aromatic nitrogens is 1. The van der Waals surface area contributed by atoms with Gasteiger partial charge in [-0.25, -0.2) is 0 Å². The topological polar surface area (TPSA) is 37.4 Å². The van der Waals surface area contributed by atoms with Gasteiger partial charge < -0.3 is 10.1 Å². The van der Waals surface area contributed by atoms with Crippen LogP contribution in [0.15, 0.2) is 18.3 Å². The van der Waals surface area contributed by atoms with E-state index >= 15 is 0 Å². The Kier molecular flexibility index (Phi) is 5.16. The summed E-state index contributed by atoms with van der Waals surface area (Å²) in [5.41, 5.74) is 2.30. The number of morpholine rings is 1. The molecule has 0 amide bonds. The largest absolute Gasteiger partial charge is 0.385 e. The zero-order valence-corrected chi connectivity index (χ0v) is 12.2. The summed E-state index contributed by atoms with van der Waals surface area (Å²) in [5, 5.41) is 3.41. The van der Waals surface area contributed by atoms with E-state index in [1.165, 1.54) is 5.69 Å². The van der Waals surface area contributed by atoms with Gasteiger partial charge in [-0.2, -0.15) is 0 Å². The van der Waals surface area contributed by atoms with Crippen LogP contribution in [0.2, 0.25) is 0 Å². The van der Waals surface area contributed by atoms with Crippen molar-refractivity contribution in [2.24, 2.45) is 0 Å². The van der Waals surface area contributed by atoms with Gasteiger partial charge in [0, 0.05) is 38.1 Å². The Labute approximate surface area is 116 Å². The minimum absolute atomic E-state index is 0.310. The molecule has 4 heteroatoms. The highest BCUT2D eigenvalue weighted by atomic mass is 16.5. The highest BCUT2D eigenvalue weighted by Gasteiger charge is 2.22. The summed E-state index contributed by atoms with van der Waals surface area (Å²) in [6, 6.07) is 4.18. The third-order valence-corrected chi connectivity index (χ3v) is 3.28. The van der Waals surface area contributed by atoms with Gasteiger partial charge in [0.25, 0.3) is 0 Å². The summed E-state index contributed by atoms with van der Waals surface area (Å²) in [6.45, 7) is 10.3. The average Bonchev–Trinajstić information content (AvgIpc) is 2.35. The lowest BCUT2D eigenvalue weighted by Crippen LogP contribution is -2.44. The fourth-order valence-electron chi connectivity index (χ4n) is 2.59. The summed E-state index contributed by atoms with van der Waals surface area (Å²) in [6.07, 6.45) is 3.65. The summed E-state index contributed by atoms with van der Waals surface area (Å²) < 4.78 is 5.76. The summed E-state index contributed by atoms with van der Waals surface area (Å²) in [5.74, 6) is 0. The molecule has 1 aliphatic rings. The van der Waals surface area contributed by atoms with Crippen LogP contribution in [0.5, 0.6) is 0 Å². The van der Waals surface area contributed by atoms with E-state index in [9.17, 15) is 0 Å². The molecule has 19 heavy (non-hydrogen) atoms.